The maximum atomic E-state index is 12.8. The van der Waals surface area contributed by atoms with Gasteiger partial charge >= 0.3 is 0 Å². The van der Waals surface area contributed by atoms with E-state index in [-0.39, 0.29) is 10.3 Å². The van der Waals surface area contributed by atoms with Crippen LogP contribution in [0.1, 0.15) is 75.5 Å². The molecular formula is C17H36F4. The molecule has 132 valence electrons. The molecule has 0 N–H and O–H groups in total. The van der Waals surface area contributed by atoms with E-state index in [0.29, 0.717) is 18.8 Å². The van der Waals surface area contributed by atoms with Gasteiger partial charge in [-0.1, -0.05) is 34.1 Å². The highest BCUT2D eigenvalue weighted by atomic mass is 19.3. The number of halogens is 4. The molecule has 0 atom stereocenters. The van der Waals surface area contributed by atoms with E-state index in [1.807, 2.05) is 0 Å². The maximum absolute atomic E-state index is 12.8. The van der Waals surface area contributed by atoms with Crippen molar-refractivity contribution < 1.29 is 20.4 Å². The third-order valence-corrected chi connectivity index (χ3v) is 4.74. The van der Waals surface area contributed by atoms with Gasteiger partial charge in [-0.15, -0.1) is 0 Å². The van der Waals surface area contributed by atoms with Gasteiger partial charge in [-0.05, 0) is 50.4 Å². The van der Waals surface area contributed by atoms with Crippen LogP contribution < -0.4 is 0 Å². The summed E-state index contributed by atoms with van der Waals surface area (Å²) < 4.78 is 49.8. The molecule has 0 nitrogen and oxygen atoms in total. The van der Waals surface area contributed by atoms with Crippen molar-refractivity contribution in [3.8, 4) is 0 Å². The lowest BCUT2D eigenvalue weighted by molar-refractivity contribution is -0.0901. The lowest BCUT2D eigenvalue weighted by atomic mass is 9.80. The van der Waals surface area contributed by atoms with E-state index >= 15 is 0 Å². The number of alkyl halides is 4. The van der Waals surface area contributed by atoms with Crippen molar-refractivity contribution >= 4 is 0 Å². The molecule has 21 heavy (non-hydrogen) atoms. The molecule has 0 aromatic carbocycles. The number of rotatable bonds is 2. The Labute approximate surface area is 130 Å². The Bertz CT molecular complexity index is 251. The van der Waals surface area contributed by atoms with Crippen LogP contribution in [0.15, 0.2) is 0 Å². The smallest absolute Gasteiger partial charge is 0.247 e. The lowest BCUT2D eigenvalue weighted by Gasteiger charge is -2.30. The summed E-state index contributed by atoms with van der Waals surface area (Å²) in [5.41, 5.74) is 0. The molecule has 4 heteroatoms. The minimum atomic E-state index is -3.07. The molecule has 2 rings (SSSR count). The lowest BCUT2D eigenvalue weighted by Crippen LogP contribution is -2.33. The van der Waals surface area contributed by atoms with Gasteiger partial charge in [-0.2, -0.15) is 0 Å². The number of hydrogen-bond acceptors (Lipinski definition) is 0. The monoisotopic (exact) mass is 316 g/mol. The van der Waals surface area contributed by atoms with Crippen LogP contribution in [-0.4, -0.2) is 18.8 Å². The average molecular weight is 316 g/mol. The average Bonchev–Trinajstić information content (AvgIpc) is 2.43. The van der Waals surface area contributed by atoms with Gasteiger partial charge in [-0.3, -0.25) is 0 Å². The van der Waals surface area contributed by atoms with Crippen molar-refractivity contribution in [1.82, 2.24) is 0 Å². The van der Waals surface area contributed by atoms with Crippen molar-refractivity contribution in [2.45, 2.75) is 84.7 Å². The van der Waals surface area contributed by atoms with Crippen LogP contribution in [-0.2, 0) is 0 Å². The maximum Gasteiger partial charge on any atom is 0.278 e. The normalized spacial score (nSPS) is 33.4. The molecule has 0 aromatic rings. The minimum absolute atomic E-state index is 0. The zero-order valence-electron chi connectivity index (χ0n) is 12.7. The van der Waals surface area contributed by atoms with Gasteiger partial charge in [0, 0.05) is 8.77 Å². The molecule has 2 fully saturated rings. The van der Waals surface area contributed by atoms with E-state index in [4.69, 9.17) is 0 Å². The van der Waals surface area contributed by atoms with Gasteiger partial charge in [0.15, 0.2) is 6.67 Å². The molecule has 0 bridgehead atoms. The number of hydrogen-bond donors (Lipinski definition) is 0. The van der Waals surface area contributed by atoms with Gasteiger partial charge < -0.3 is 0 Å². The Morgan fingerprint density at radius 3 is 1.57 bits per heavy atom. The van der Waals surface area contributed by atoms with Gasteiger partial charge in [0.05, 0.1) is 0 Å². The minimum Gasteiger partial charge on any atom is -0.247 e. The molecule has 0 spiro atoms. The Morgan fingerprint density at radius 2 is 1.24 bits per heavy atom. The molecule has 2 aliphatic rings. The molecule has 0 aromatic heterocycles. The second-order valence-corrected chi connectivity index (χ2v) is 6.71. The molecule has 0 radical (unpaired) electrons. The SMILES string of the molecule is C.CC1CCC(C(F)(F)CF)CC1.CC1CCC(F)CC1.[HH].[HH]. The van der Waals surface area contributed by atoms with Crippen molar-refractivity contribution in [1.29, 1.82) is 0 Å². The summed E-state index contributed by atoms with van der Waals surface area (Å²) in [4.78, 5) is 0. The first-order chi connectivity index (χ1) is 9.35. The topological polar surface area (TPSA) is 0 Å². The third-order valence-electron chi connectivity index (χ3n) is 4.74. The van der Waals surface area contributed by atoms with Gasteiger partial charge in [-0.25, -0.2) is 17.6 Å². The molecule has 2 saturated carbocycles. The van der Waals surface area contributed by atoms with Gasteiger partial charge in [0.2, 0.25) is 0 Å². The van der Waals surface area contributed by atoms with Crippen LogP contribution >= 0.6 is 0 Å². The summed E-state index contributed by atoms with van der Waals surface area (Å²) in [5.74, 6) is -2.46. The molecule has 0 unspecified atom stereocenters. The molecule has 0 saturated heterocycles. The standard InChI is InChI=1S/C9H15F3.C7H13F.CH4.2H2/c1-7-2-4-8(5-3-7)9(11,12)6-10;1-6-2-4-7(8)5-3-6;;;/h7-8H,2-6H2,1H3;6-7H,2-5H2,1H3;1H4;2*1H. The second-order valence-electron chi connectivity index (χ2n) is 6.71. The van der Waals surface area contributed by atoms with Crippen LogP contribution in [0.5, 0.6) is 0 Å². The van der Waals surface area contributed by atoms with Crippen molar-refractivity contribution in [3.05, 3.63) is 0 Å². The quantitative estimate of drug-likeness (QED) is 0.477. The van der Waals surface area contributed by atoms with Crippen LogP contribution in [0.3, 0.4) is 0 Å². The van der Waals surface area contributed by atoms with Gasteiger partial charge in [0.1, 0.15) is 6.17 Å². The molecular weight excluding hydrogens is 280 g/mol. The van der Waals surface area contributed by atoms with E-state index in [9.17, 15) is 17.6 Å². The summed E-state index contributed by atoms with van der Waals surface area (Å²) in [6, 6.07) is 0. The van der Waals surface area contributed by atoms with Gasteiger partial charge in [0.25, 0.3) is 5.92 Å². The summed E-state index contributed by atoms with van der Waals surface area (Å²) in [6.45, 7) is 2.77. The fourth-order valence-electron chi connectivity index (χ4n) is 3.01. The fraction of sp³-hybridized carbons (Fsp3) is 1.00. The predicted molar refractivity (Wildman–Crippen MR) is 85.5 cm³/mol. The second kappa shape index (κ2) is 9.68. The largest absolute Gasteiger partial charge is 0.278 e. The van der Waals surface area contributed by atoms with E-state index in [1.54, 1.807) is 0 Å². The van der Waals surface area contributed by atoms with Crippen LogP contribution in [0.25, 0.3) is 0 Å². The Kier molecular flexibility index (Phi) is 9.55. The highest BCUT2D eigenvalue weighted by molar-refractivity contribution is 4.81. The fourth-order valence-corrected chi connectivity index (χ4v) is 3.01. The zero-order valence-corrected chi connectivity index (χ0v) is 12.7. The van der Waals surface area contributed by atoms with Crippen molar-refractivity contribution in [2.24, 2.45) is 17.8 Å². The molecule has 0 amide bonds. The summed E-state index contributed by atoms with van der Waals surface area (Å²) in [5, 5.41) is 0. The molecule has 2 aliphatic carbocycles. The van der Waals surface area contributed by atoms with E-state index in [0.717, 1.165) is 44.4 Å². The first-order valence-corrected chi connectivity index (χ1v) is 7.93. The Morgan fingerprint density at radius 1 is 0.857 bits per heavy atom. The third kappa shape index (κ3) is 7.51. The van der Waals surface area contributed by atoms with Crippen LogP contribution in [0.2, 0.25) is 0 Å². The molecule has 0 heterocycles. The molecule has 0 aliphatic heterocycles. The summed E-state index contributed by atoms with van der Waals surface area (Å²) in [6.07, 6.45) is 5.94. The first kappa shape index (κ1) is 20.7. The highest BCUT2D eigenvalue weighted by Crippen LogP contribution is 2.38. The van der Waals surface area contributed by atoms with Crippen LogP contribution in [0.4, 0.5) is 17.6 Å². The van der Waals surface area contributed by atoms with E-state index in [2.05, 4.69) is 13.8 Å². The van der Waals surface area contributed by atoms with Crippen molar-refractivity contribution in [3.63, 3.8) is 0 Å². The van der Waals surface area contributed by atoms with E-state index < -0.39 is 24.7 Å². The van der Waals surface area contributed by atoms with E-state index in [1.165, 1.54) is 0 Å². The summed E-state index contributed by atoms with van der Waals surface area (Å²) >= 11 is 0. The summed E-state index contributed by atoms with van der Waals surface area (Å²) in [7, 11) is 0. The zero-order chi connectivity index (χ0) is 15.2. The van der Waals surface area contributed by atoms with Crippen LogP contribution in [0, 0.1) is 17.8 Å². The highest BCUT2D eigenvalue weighted by Gasteiger charge is 2.40. The first-order valence-electron chi connectivity index (χ1n) is 7.93. The Hall–Kier alpha value is -0.280. The predicted octanol–water partition coefficient (Wildman–Crippen LogP) is 7.08. The van der Waals surface area contributed by atoms with Crippen molar-refractivity contribution in [2.75, 3.05) is 6.67 Å². The Balaban J connectivity index is -0.000000325.